The molecule has 2 aliphatic rings. The Morgan fingerprint density at radius 2 is 1.32 bits per heavy atom. The summed E-state index contributed by atoms with van der Waals surface area (Å²) in [6.07, 6.45) is -16.2. The molecule has 2 saturated heterocycles. The number of nitro benzene ring substituents is 1. The number of nitro groups is 1. The number of non-ortho nitro benzene ring substituents is 1. The Morgan fingerprint density at radius 1 is 0.773 bits per heavy atom. The van der Waals surface area contributed by atoms with Crippen LogP contribution in [0.15, 0.2) is 24.3 Å². The maximum absolute atomic E-state index is 12.1. The van der Waals surface area contributed by atoms with Crippen LogP contribution in [0.5, 0.6) is 5.75 Å². The van der Waals surface area contributed by atoms with Crippen LogP contribution in [0.1, 0.15) is 27.7 Å². The minimum Gasteiger partial charge on any atom is -0.463 e. The zero-order valence-corrected chi connectivity index (χ0v) is 24.0. The van der Waals surface area contributed by atoms with Gasteiger partial charge in [-0.2, -0.15) is 0 Å². The predicted octanol–water partition coefficient (Wildman–Crippen LogP) is -1.12. The third-order valence-electron chi connectivity index (χ3n) is 6.36. The number of nitrogens with zero attached hydrogens (tertiary/aromatic N) is 1. The van der Waals surface area contributed by atoms with Crippen molar-refractivity contribution in [3.05, 3.63) is 34.4 Å². The first-order valence-corrected chi connectivity index (χ1v) is 13.2. The van der Waals surface area contributed by atoms with E-state index in [1.165, 1.54) is 12.1 Å². The molecule has 3 N–H and O–H groups in total. The third kappa shape index (κ3) is 8.80. The maximum Gasteiger partial charge on any atom is 0.303 e. The molecule has 2 fully saturated rings. The van der Waals surface area contributed by atoms with E-state index in [1.807, 2.05) is 0 Å². The number of esters is 4. The van der Waals surface area contributed by atoms with E-state index in [4.69, 9.17) is 37.9 Å². The topological polar surface area (TPSA) is 246 Å². The van der Waals surface area contributed by atoms with E-state index in [0.29, 0.717) is 0 Å². The first-order valence-electron chi connectivity index (χ1n) is 13.2. The number of ether oxygens (including phenoxy) is 8. The fourth-order valence-corrected chi connectivity index (χ4v) is 4.54. The second-order valence-corrected chi connectivity index (χ2v) is 9.74. The molecule has 2 aliphatic heterocycles. The molecule has 244 valence electrons. The number of hydrogen-bond acceptors (Lipinski definition) is 17. The van der Waals surface area contributed by atoms with E-state index in [-0.39, 0.29) is 11.4 Å². The number of aliphatic hydroxyl groups excluding tert-OH is 3. The lowest BCUT2D eigenvalue weighted by atomic mass is 9.96. The third-order valence-corrected chi connectivity index (χ3v) is 6.36. The highest BCUT2D eigenvalue weighted by molar-refractivity contribution is 5.68. The number of carbonyl (C=O) groups is 4. The highest BCUT2D eigenvalue weighted by Gasteiger charge is 2.56. The fraction of sp³-hybridized carbons (Fsp3) is 0.615. The SMILES string of the molecule is CC(=O)OCC1OC(OC2C(O)C(CO)OC(Oc3ccc([N+](=O)[O-])cc3)C2O)C(OC(C)=O)C(OC(C)=O)C1OC(C)=O. The molecule has 44 heavy (non-hydrogen) atoms. The van der Waals surface area contributed by atoms with Gasteiger partial charge in [-0.25, -0.2) is 0 Å². The van der Waals surface area contributed by atoms with Crippen LogP contribution < -0.4 is 4.74 Å². The molecular weight excluding hydrogens is 598 g/mol. The minimum absolute atomic E-state index is 0.0128. The van der Waals surface area contributed by atoms with Crippen LogP contribution in [0, 0.1) is 10.1 Å². The smallest absolute Gasteiger partial charge is 0.303 e. The molecule has 2 heterocycles. The fourth-order valence-electron chi connectivity index (χ4n) is 4.54. The van der Waals surface area contributed by atoms with Gasteiger partial charge in [-0.3, -0.25) is 29.3 Å². The van der Waals surface area contributed by atoms with Crippen molar-refractivity contribution in [1.29, 1.82) is 0 Å². The molecule has 0 radical (unpaired) electrons. The zero-order valence-electron chi connectivity index (χ0n) is 24.0. The second kappa shape index (κ2) is 15.2. The summed E-state index contributed by atoms with van der Waals surface area (Å²) in [4.78, 5) is 58.0. The normalized spacial score (nSPS) is 31.7. The summed E-state index contributed by atoms with van der Waals surface area (Å²) >= 11 is 0. The monoisotopic (exact) mass is 631 g/mol. The summed E-state index contributed by atoms with van der Waals surface area (Å²) in [5.74, 6) is -3.38. The van der Waals surface area contributed by atoms with Crippen molar-refractivity contribution >= 4 is 29.6 Å². The second-order valence-electron chi connectivity index (χ2n) is 9.74. The lowest BCUT2D eigenvalue weighted by Crippen LogP contribution is -2.66. The van der Waals surface area contributed by atoms with Gasteiger partial charge < -0.3 is 53.2 Å². The largest absolute Gasteiger partial charge is 0.463 e. The van der Waals surface area contributed by atoms with Crippen molar-refractivity contribution < 1.29 is 77.3 Å². The van der Waals surface area contributed by atoms with E-state index in [9.17, 15) is 44.6 Å². The molecule has 0 bridgehead atoms. The summed E-state index contributed by atoms with van der Waals surface area (Å²) in [6.45, 7) is 2.85. The average molecular weight is 632 g/mol. The minimum atomic E-state index is -1.84. The number of carbonyl (C=O) groups excluding carboxylic acids is 4. The average Bonchev–Trinajstić information content (AvgIpc) is 2.94. The molecule has 0 amide bonds. The van der Waals surface area contributed by atoms with E-state index >= 15 is 0 Å². The van der Waals surface area contributed by atoms with Gasteiger partial charge in [-0.05, 0) is 12.1 Å². The zero-order chi connectivity index (χ0) is 32.7. The molecule has 18 nitrogen and oxygen atoms in total. The molecule has 0 saturated carbocycles. The summed E-state index contributed by atoms with van der Waals surface area (Å²) in [5.41, 5.74) is -0.240. The number of hydrogen-bond donors (Lipinski definition) is 3. The molecule has 1 aromatic carbocycles. The van der Waals surface area contributed by atoms with Gasteiger partial charge in [-0.1, -0.05) is 0 Å². The molecular formula is C26H33NO17. The quantitative estimate of drug-likeness (QED) is 0.113. The Balaban J connectivity index is 1.96. The van der Waals surface area contributed by atoms with Gasteiger partial charge in [0.25, 0.3) is 5.69 Å². The highest BCUT2D eigenvalue weighted by atomic mass is 16.8. The van der Waals surface area contributed by atoms with E-state index in [2.05, 4.69) is 0 Å². The van der Waals surface area contributed by atoms with Crippen molar-refractivity contribution in [2.24, 2.45) is 0 Å². The maximum atomic E-state index is 12.1. The lowest BCUT2D eigenvalue weighted by Gasteiger charge is -2.47. The summed E-state index contributed by atoms with van der Waals surface area (Å²) in [7, 11) is 0. The molecule has 18 heteroatoms. The van der Waals surface area contributed by atoms with Crippen LogP contribution in [0.25, 0.3) is 0 Å². The summed E-state index contributed by atoms with van der Waals surface area (Å²) in [6, 6.07) is 4.72. The molecule has 0 aliphatic carbocycles. The number of aliphatic hydroxyl groups is 3. The van der Waals surface area contributed by atoms with Gasteiger partial charge in [0.15, 0.2) is 24.6 Å². The molecule has 0 aromatic heterocycles. The Kier molecular flexibility index (Phi) is 11.9. The van der Waals surface area contributed by atoms with Crippen molar-refractivity contribution in [2.75, 3.05) is 13.2 Å². The summed E-state index contributed by atoms with van der Waals surface area (Å²) < 4.78 is 43.8. The Bertz CT molecular complexity index is 1190. The van der Waals surface area contributed by atoms with Crippen LogP contribution in [0.3, 0.4) is 0 Å². The van der Waals surface area contributed by atoms with Gasteiger partial charge in [0, 0.05) is 39.8 Å². The first-order chi connectivity index (χ1) is 20.7. The van der Waals surface area contributed by atoms with Crippen molar-refractivity contribution in [3.63, 3.8) is 0 Å². The van der Waals surface area contributed by atoms with Gasteiger partial charge in [0.1, 0.15) is 42.9 Å². The lowest BCUT2D eigenvalue weighted by molar-refractivity contribution is -0.384. The van der Waals surface area contributed by atoms with Crippen molar-refractivity contribution in [1.82, 2.24) is 0 Å². The predicted molar refractivity (Wildman–Crippen MR) is 138 cm³/mol. The van der Waals surface area contributed by atoms with Crippen molar-refractivity contribution in [3.8, 4) is 5.75 Å². The van der Waals surface area contributed by atoms with Gasteiger partial charge >= 0.3 is 23.9 Å². The van der Waals surface area contributed by atoms with Gasteiger partial charge in [0.2, 0.25) is 6.29 Å². The van der Waals surface area contributed by atoms with Gasteiger partial charge in [0.05, 0.1) is 11.5 Å². The van der Waals surface area contributed by atoms with Crippen LogP contribution >= 0.6 is 0 Å². The van der Waals surface area contributed by atoms with Gasteiger partial charge in [-0.15, -0.1) is 0 Å². The van der Waals surface area contributed by atoms with Crippen LogP contribution in [-0.4, -0.2) is 119 Å². The van der Waals surface area contributed by atoms with Crippen molar-refractivity contribution in [2.45, 2.75) is 89.1 Å². The summed E-state index contributed by atoms with van der Waals surface area (Å²) in [5, 5.41) is 42.8. The van der Waals surface area contributed by atoms with Crippen LogP contribution in [-0.2, 0) is 52.3 Å². The molecule has 10 unspecified atom stereocenters. The Labute approximate surface area is 249 Å². The highest BCUT2D eigenvalue weighted by Crippen LogP contribution is 2.34. The Hall–Kier alpha value is -3.94. The molecule has 3 rings (SSSR count). The first kappa shape index (κ1) is 34.5. The standard InChI is InChI=1S/C26H33NO17/c1-11(29)37-10-18-21(38-12(2)30)23(39-13(3)31)24(40-14(4)32)26(43-18)44-22-19(33)17(9-28)42-25(20(22)34)41-16-7-5-15(6-8-16)27(35)36/h5-8,17-26,28,33-34H,9-10H2,1-4H3. The molecule has 1 aromatic rings. The number of benzene rings is 1. The van der Waals surface area contributed by atoms with E-state index in [0.717, 1.165) is 39.8 Å². The van der Waals surface area contributed by atoms with E-state index < -0.39 is 103 Å². The van der Waals surface area contributed by atoms with Crippen LogP contribution in [0.2, 0.25) is 0 Å². The number of rotatable bonds is 11. The molecule has 10 atom stereocenters. The van der Waals surface area contributed by atoms with E-state index in [1.54, 1.807) is 0 Å². The Morgan fingerprint density at radius 3 is 1.84 bits per heavy atom. The van der Waals surface area contributed by atoms with Crippen LogP contribution in [0.4, 0.5) is 5.69 Å². The molecule has 0 spiro atoms.